The van der Waals surface area contributed by atoms with Gasteiger partial charge in [0, 0.05) is 9.90 Å². The summed E-state index contributed by atoms with van der Waals surface area (Å²) in [6, 6.07) is 10.7. The van der Waals surface area contributed by atoms with Crippen LogP contribution in [0.4, 0.5) is 0 Å². The van der Waals surface area contributed by atoms with Crippen molar-refractivity contribution in [1.29, 1.82) is 0 Å². The van der Waals surface area contributed by atoms with Gasteiger partial charge in [-0.15, -0.1) is 11.3 Å². The highest BCUT2D eigenvalue weighted by molar-refractivity contribution is 7.10. The van der Waals surface area contributed by atoms with E-state index in [9.17, 15) is 0 Å². The smallest absolute Gasteiger partial charge is 0.0674 e. The Morgan fingerprint density at radius 1 is 1.28 bits per heavy atom. The first-order valence-electron chi connectivity index (χ1n) is 6.25. The first kappa shape index (κ1) is 13.6. The summed E-state index contributed by atoms with van der Waals surface area (Å²) in [5.74, 6) is 0. The highest BCUT2D eigenvalue weighted by atomic mass is 35.5. The summed E-state index contributed by atoms with van der Waals surface area (Å²) in [4.78, 5) is 1.34. The van der Waals surface area contributed by atoms with Crippen LogP contribution < -0.4 is 5.32 Å². The lowest BCUT2D eigenvalue weighted by Gasteiger charge is -2.20. The van der Waals surface area contributed by atoms with Gasteiger partial charge in [-0.05, 0) is 48.5 Å². The molecule has 0 spiro atoms. The van der Waals surface area contributed by atoms with E-state index in [1.54, 1.807) is 11.3 Å². The van der Waals surface area contributed by atoms with Crippen LogP contribution in [0.5, 0.6) is 0 Å². The van der Waals surface area contributed by atoms with Crippen molar-refractivity contribution >= 4 is 22.9 Å². The largest absolute Gasteiger partial charge is 0.306 e. The number of halogens is 1. The summed E-state index contributed by atoms with van der Waals surface area (Å²) in [5.41, 5.74) is 2.44. The van der Waals surface area contributed by atoms with Gasteiger partial charge in [-0.2, -0.15) is 0 Å². The fourth-order valence-corrected chi connectivity index (χ4v) is 3.04. The molecule has 18 heavy (non-hydrogen) atoms. The second-order valence-corrected chi connectivity index (χ2v) is 5.74. The van der Waals surface area contributed by atoms with Crippen molar-refractivity contribution in [1.82, 2.24) is 5.32 Å². The average Bonchev–Trinajstić information content (AvgIpc) is 2.88. The van der Waals surface area contributed by atoms with Crippen LogP contribution in [0.25, 0.3) is 0 Å². The highest BCUT2D eigenvalue weighted by Crippen LogP contribution is 2.31. The molecule has 1 aromatic heterocycles. The van der Waals surface area contributed by atoms with E-state index in [-0.39, 0.29) is 6.04 Å². The van der Waals surface area contributed by atoms with Crippen LogP contribution in [-0.4, -0.2) is 6.54 Å². The van der Waals surface area contributed by atoms with Crippen molar-refractivity contribution in [2.45, 2.75) is 26.3 Å². The van der Waals surface area contributed by atoms with Crippen LogP contribution in [0.15, 0.2) is 35.7 Å². The van der Waals surface area contributed by atoms with E-state index >= 15 is 0 Å². The minimum atomic E-state index is 0.253. The van der Waals surface area contributed by atoms with Gasteiger partial charge in [0.1, 0.15) is 0 Å². The lowest BCUT2D eigenvalue weighted by molar-refractivity contribution is 0.603. The second-order valence-electron chi connectivity index (χ2n) is 4.36. The minimum absolute atomic E-state index is 0.253. The zero-order chi connectivity index (χ0) is 13.0. The summed E-state index contributed by atoms with van der Waals surface area (Å²) in [5, 5.41) is 6.57. The molecule has 1 nitrogen and oxygen atoms in total. The van der Waals surface area contributed by atoms with Crippen molar-refractivity contribution in [2.24, 2.45) is 0 Å². The molecule has 2 aromatic rings. The Morgan fingerprint density at radius 2 is 2.11 bits per heavy atom. The fraction of sp³-hybridized carbons (Fsp3) is 0.333. The topological polar surface area (TPSA) is 12.0 Å². The highest BCUT2D eigenvalue weighted by Gasteiger charge is 2.17. The van der Waals surface area contributed by atoms with Crippen LogP contribution in [0.2, 0.25) is 5.02 Å². The van der Waals surface area contributed by atoms with Crippen molar-refractivity contribution in [3.63, 3.8) is 0 Å². The molecule has 1 N–H and O–H groups in total. The molecule has 0 radical (unpaired) electrons. The Hall–Kier alpha value is -0.830. The van der Waals surface area contributed by atoms with E-state index in [0.717, 1.165) is 18.0 Å². The first-order valence-corrected chi connectivity index (χ1v) is 7.51. The summed E-state index contributed by atoms with van der Waals surface area (Å²) in [6.07, 6.45) is 1.13. The van der Waals surface area contributed by atoms with Gasteiger partial charge in [-0.3, -0.25) is 0 Å². The Kier molecular flexibility index (Phi) is 4.81. The van der Waals surface area contributed by atoms with Gasteiger partial charge in [0.05, 0.1) is 6.04 Å². The molecule has 0 saturated carbocycles. The number of hydrogen-bond donors (Lipinski definition) is 1. The lowest BCUT2D eigenvalue weighted by Crippen LogP contribution is -2.23. The summed E-state index contributed by atoms with van der Waals surface area (Å²) in [6.45, 7) is 5.28. The van der Waals surface area contributed by atoms with Gasteiger partial charge in [0.15, 0.2) is 0 Å². The molecule has 0 amide bonds. The van der Waals surface area contributed by atoms with E-state index in [4.69, 9.17) is 11.6 Å². The van der Waals surface area contributed by atoms with Crippen molar-refractivity contribution in [3.05, 3.63) is 56.7 Å². The van der Waals surface area contributed by atoms with Gasteiger partial charge in [0.25, 0.3) is 0 Å². The van der Waals surface area contributed by atoms with E-state index in [2.05, 4.69) is 42.7 Å². The standard InChI is InChI=1S/C15H18ClNS/c1-3-9-17-15(14-8-5-10-18-14)12-6-4-7-13(16)11(12)2/h4-8,10,15,17H,3,9H2,1-2H3. The van der Waals surface area contributed by atoms with Crippen LogP contribution in [0.1, 0.15) is 35.4 Å². The molecule has 1 unspecified atom stereocenters. The monoisotopic (exact) mass is 279 g/mol. The van der Waals surface area contributed by atoms with Crippen LogP contribution >= 0.6 is 22.9 Å². The minimum Gasteiger partial charge on any atom is -0.306 e. The number of nitrogens with one attached hydrogen (secondary N) is 1. The quantitative estimate of drug-likeness (QED) is 0.829. The van der Waals surface area contributed by atoms with Crippen molar-refractivity contribution in [2.75, 3.05) is 6.54 Å². The van der Waals surface area contributed by atoms with Gasteiger partial charge in [-0.25, -0.2) is 0 Å². The average molecular weight is 280 g/mol. The van der Waals surface area contributed by atoms with Crippen LogP contribution in [0, 0.1) is 6.92 Å². The van der Waals surface area contributed by atoms with Gasteiger partial charge in [-0.1, -0.05) is 36.7 Å². The Balaban J connectivity index is 2.37. The third kappa shape index (κ3) is 2.94. The molecule has 1 heterocycles. The zero-order valence-corrected chi connectivity index (χ0v) is 12.3. The second kappa shape index (κ2) is 6.37. The maximum atomic E-state index is 6.23. The molecule has 0 aliphatic heterocycles. The molecular weight excluding hydrogens is 262 g/mol. The molecule has 1 atom stereocenters. The van der Waals surface area contributed by atoms with E-state index in [1.807, 2.05) is 12.1 Å². The molecule has 0 saturated heterocycles. The molecule has 0 fully saturated rings. The van der Waals surface area contributed by atoms with E-state index in [1.165, 1.54) is 16.0 Å². The summed E-state index contributed by atoms with van der Waals surface area (Å²) >= 11 is 8.01. The van der Waals surface area contributed by atoms with Gasteiger partial charge >= 0.3 is 0 Å². The Morgan fingerprint density at radius 3 is 2.78 bits per heavy atom. The third-order valence-corrected chi connectivity index (χ3v) is 4.39. The molecular formula is C15H18ClNS. The number of thiophene rings is 1. The Bertz CT molecular complexity index is 493. The van der Waals surface area contributed by atoms with Crippen LogP contribution in [-0.2, 0) is 0 Å². The first-order chi connectivity index (χ1) is 8.74. The summed E-state index contributed by atoms with van der Waals surface area (Å²) < 4.78 is 0. The maximum absolute atomic E-state index is 6.23. The molecule has 96 valence electrons. The number of benzene rings is 1. The van der Waals surface area contributed by atoms with Crippen molar-refractivity contribution in [3.8, 4) is 0 Å². The van der Waals surface area contributed by atoms with Gasteiger partial charge in [0.2, 0.25) is 0 Å². The maximum Gasteiger partial charge on any atom is 0.0674 e. The molecule has 0 aliphatic rings. The van der Waals surface area contributed by atoms with Gasteiger partial charge < -0.3 is 5.32 Å². The molecule has 0 aliphatic carbocycles. The van der Waals surface area contributed by atoms with E-state index < -0.39 is 0 Å². The molecule has 1 aromatic carbocycles. The zero-order valence-electron chi connectivity index (χ0n) is 10.7. The molecule has 0 bridgehead atoms. The Labute approximate surface area is 118 Å². The summed E-state index contributed by atoms with van der Waals surface area (Å²) in [7, 11) is 0. The lowest BCUT2D eigenvalue weighted by atomic mass is 10.00. The predicted octanol–water partition coefficient (Wildman–Crippen LogP) is 4.80. The van der Waals surface area contributed by atoms with Crippen LogP contribution in [0.3, 0.4) is 0 Å². The van der Waals surface area contributed by atoms with Crippen molar-refractivity contribution < 1.29 is 0 Å². The fourth-order valence-electron chi connectivity index (χ4n) is 2.04. The molecule has 3 heteroatoms. The van der Waals surface area contributed by atoms with E-state index in [0.29, 0.717) is 0 Å². The number of rotatable bonds is 5. The third-order valence-electron chi connectivity index (χ3n) is 3.05. The predicted molar refractivity (Wildman–Crippen MR) is 80.6 cm³/mol. The molecule has 2 rings (SSSR count). The normalized spacial score (nSPS) is 12.6. The SMILES string of the molecule is CCCNC(c1cccs1)c1cccc(Cl)c1C. The number of hydrogen-bond acceptors (Lipinski definition) is 2.